The maximum Gasteiger partial charge on any atom is 0.469 e. The molecule has 0 aromatic heterocycles. The summed E-state index contributed by atoms with van der Waals surface area (Å²) < 4.78 is 26.3. The fraction of sp³-hybridized carbons (Fsp3) is 0.532. The molecule has 0 amide bonds. The highest BCUT2D eigenvalue weighted by Gasteiger charge is 2.22. The monoisotopic (exact) mass is 812 g/mol. The molecule has 0 aliphatic carbocycles. The molecule has 10 heteroatoms. The van der Waals surface area contributed by atoms with Crippen molar-refractivity contribution in [2.45, 2.75) is 148 Å². The Kier molecular flexibility index (Phi) is 38.0. The Morgan fingerprint density at radius 3 is 1.63 bits per heavy atom. The summed E-state index contributed by atoms with van der Waals surface area (Å²) in [5, 5.41) is 9.82. The van der Waals surface area contributed by atoms with Gasteiger partial charge in [-0.1, -0.05) is 155 Å². The van der Waals surface area contributed by atoms with E-state index in [0.717, 1.165) is 57.8 Å². The SMILES string of the molecule is CC/C=C\CC(O)/C=C/C=C/C/C=C\C/C=C\C/C=C\CCC(=O)O[C@H](COC(=O)CCCCC/C=C\C/C=C\C/C=C\C/C=C\CCCCC)COP(=O)(O)O. The average Bonchev–Trinajstić information content (AvgIpc) is 3.18. The second-order valence-electron chi connectivity index (χ2n) is 13.4. The first-order valence-electron chi connectivity index (χ1n) is 20.9. The van der Waals surface area contributed by atoms with E-state index in [1.165, 1.54) is 25.7 Å². The van der Waals surface area contributed by atoms with E-state index in [1.54, 1.807) is 6.08 Å². The number of aliphatic hydroxyl groups excluding tert-OH is 1. The minimum absolute atomic E-state index is 0.0559. The minimum atomic E-state index is -4.80. The topological polar surface area (TPSA) is 140 Å². The van der Waals surface area contributed by atoms with Gasteiger partial charge in [-0.15, -0.1) is 0 Å². The highest BCUT2D eigenvalue weighted by atomic mass is 31.2. The molecule has 0 radical (unpaired) electrons. The van der Waals surface area contributed by atoms with E-state index >= 15 is 0 Å². The van der Waals surface area contributed by atoms with E-state index in [4.69, 9.17) is 19.3 Å². The van der Waals surface area contributed by atoms with Gasteiger partial charge in [0.15, 0.2) is 6.10 Å². The van der Waals surface area contributed by atoms with Gasteiger partial charge in [-0.3, -0.25) is 14.1 Å². The minimum Gasteiger partial charge on any atom is -0.462 e. The van der Waals surface area contributed by atoms with Crippen LogP contribution < -0.4 is 0 Å². The van der Waals surface area contributed by atoms with Crippen LogP contribution in [0.3, 0.4) is 0 Å². The predicted octanol–water partition coefficient (Wildman–Crippen LogP) is 11.9. The lowest BCUT2D eigenvalue weighted by Gasteiger charge is -2.18. The average molecular weight is 813 g/mol. The Hall–Kier alpha value is -3.59. The van der Waals surface area contributed by atoms with Crippen molar-refractivity contribution >= 4 is 19.8 Å². The van der Waals surface area contributed by atoms with Crippen molar-refractivity contribution in [2.75, 3.05) is 13.2 Å². The molecule has 9 nitrogen and oxygen atoms in total. The van der Waals surface area contributed by atoms with Gasteiger partial charge in [0.25, 0.3) is 0 Å². The molecule has 0 saturated carbocycles. The summed E-state index contributed by atoms with van der Waals surface area (Å²) in [6, 6.07) is 0. The molecule has 0 aromatic rings. The Bertz CT molecular complexity index is 1340. The van der Waals surface area contributed by atoms with Crippen molar-refractivity contribution in [3.63, 3.8) is 0 Å². The molecule has 2 atom stereocenters. The lowest BCUT2D eigenvalue weighted by Crippen LogP contribution is -2.29. The molecule has 0 fully saturated rings. The number of unbranched alkanes of at least 4 members (excludes halogenated alkanes) is 6. The first-order chi connectivity index (χ1) is 27.7. The maximum atomic E-state index is 12.4. The lowest BCUT2D eigenvalue weighted by molar-refractivity contribution is -0.161. The number of phosphoric ester groups is 1. The van der Waals surface area contributed by atoms with Crippen molar-refractivity contribution in [2.24, 2.45) is 0 Å². The molecular formula is C47H73O9P. The smallest absolute Gasteiger partial charge is 0.462 e. The van der Waals surface area contributed by atoms with Gasteiger partial charge >= 0.3 is 19.8 Å². The molecule has 0 aromatic carbocycles. The number of hydrogen-bond donors (Lipinski definition) is 3. The first kappa shape index (κ1) is 53.4. The number of carbonyl (C=O) groups excluding carboxylic acids is 2. The zero-order chi connectivity index (χ0) is 41.9. The lowest BCUT2D eigenvalue weighted by atomic mass is 10.1. The van der Waals surface area contributed by atoms with Crippen molar-refractivity contribution in [1.82, 2.24) is 0 Å². The molecule has 0 bridgehead atoms. The molecule has 1 unspecified atom stereocenters. The second-order valence-corrected chi connectivity index (χ2v) is 14.7. The van der Waals surface area contributed by atoms with Crippen LogP contribution in [0.15, 0.2) is 122 Å². The molecule has 0 spiro atoms. The van der Waals surface area contributed by atoms with Gasteiger partial charge in [-0.2, -0.15) is 0 Å². The van der Waals surface area contributed by atoms with Crippen LogP contribution in [0.25, 0.3) is 0 Å². The number of esters is 2. The van der Waals surface area contributed by atoms with Gasteiger partial charge in [0.05, 0.1) is 12.7 Å². The molecule has 57 heavy (non-hydrogen) atoms. The quantitative estimate of drug-likeness (QED) is 0.0185. The Morgan fingerprint density at radius 2 is 1.09 bits per heavy atom. The van der Waals surface area contributed by atoms with E-state index in [0.29, 0.717) is 25.7 Å². The third kappa shape index (κ3) is 43.4. The fourth-order valence-corrected chi connectivity index (χ4v) is 5.30. The van der Waals surface area contributed by atoms with Crippen molar-refractivity contribution in [3.8, 4) is 0 Å². The van der Waals surface area contributed by atoms with Crippen molar-refractivity contribution in [3.05, 3.63) is 122 Å². The van der Waals surface area contributed by atoms with Crippen LogP contribution >= 0.6 is 7.82 Å². The summed E-state index contributed by atoms with van der Waals surface area (Å²) in [6.07, 6.45) is 55.4. The molecule has 3 N–H and O–H groups in total. The molecule has 0 aliphatic heterocycles. The summed E-state index contributed by atoms with van der Waals surface area (Å²) >= 11 is 0. The van der Waals surface area contributed by atoms with Gasteiger partial charge in [0, 0.05) is 12.8 Å². The number of phosphoric acid groups is 1. The summed E-state index contributed by atoms with van der Waals surface area (Å²) in [6.45, 7) is 3.34. The summed E-state index contributed by atoms with van der Waals surface area (Å²) in [5.74, 6) is -1.05. The summed E-state index contributed by atoms with van der Waals surface area (Å²) in [7, 11) is -4.80. The normalized spacial score (nSPS) is 14.3. The van der Waals surface area contributed by atoms with Gasteiger partial charge < -0.3 is 24.4 Å². The number of rotatable bonds is 36. The Morgan fingerprint density at radius 1 is 0.561 bits per heavy atom. The second kappa shape index (κ2) is 40.6. The van der Waals surface area contributed by atoms with Crippen LogP contribution in [0, 0.1) is 0 Å². The van der Waals surface area contributed by atoms with Crippen molar-refractivity contribution < 1.29 is 43.0 Å². The van der Waals surface area contributed by atoms with Crippen LogP contribution in [0.5, 0.6) is 0 Å². The van der Waals surface area contributed by atoms with Gasteiger partial charge in [-0.05, 0) is 89.9 Å². The summed E-state index contributed by atoms with van der Waals surface area (Å²) in [4.78, 5) is 42.8. The molecule has 0 saturated heterocycles. The van der Waals surface area contributed by atoms with E-state index in [9.17, 15) is 19.3 Å². The number of ether oxygens (including phenoxy) is 2. The van der Waals surface area contributed by atoms with Gasteiger partial charge in [0.1, 0.15) is 6.61 Å². The van der Waals surface area contributed by atoms with Crippen molar-refractivity contribution in [1.29, 1.82) is 0 Å². The molecule has 0 rings (SSSR count). The zero-order valence-electron chi connectivity index (χ0n) is 34.8. The molecule has 320 valence electrons. The molecule has 0 aliphatic rings. The van der Waals surface area contributed by atoms with Crippen LogP contribution in [0.2, 0.25) is 0 Å². The van der Waals surface area contributed by atoms with Crippen LogP contribution in [0.4, 0.5) is 0 Å². The predicted molar refractivity (Wildman–Crippen MR) is 235 cm³/mol. The standard InChI is InChI=1S/C47H73O9P/c1-3-5-7-8-9-10-11-12-13-14-15-16-17-20-23-26-29-32-36-40-46(49)54-42-45(43-55-57(51,52)53)56-47(50)41-37-33-30-27-24-21-18-19-22-25-28-31-35-39-44(48)38-34-6-4-2/h6,9-10,12-13,15-16,19-24,28,30-31,33-35,39,44-45,48H,3-5,7-8,11,14,17-18,25-27,29,32,36-38,40-43H2,1-2H3,(H2,51,52,53)/b10-9-,13-12-,16-15-,22-19-,23-20-,24-21-,31-28+,33-30-,34-6-,39-35+/t44?,45-/m1/s1. The zero-order valence-corrected chi connectivity index (χ0v) is 35.7. The van der Waals surface area contributed by atoms with E-state index in [-0.39, 0.29) is 19.4 Å². The van der Waals surface area contributed by atoms with Gasteiger partial charge in [-0.25, -0.2) is 4.57 Å². The van der Waals surface area contributed by atoms with E-state index < -0.39 is 38.6 Å². The van der Waals surface area contributed by atoms with Crippen LogP contribution in [-0.4, -0.2) is 52.3 Å². The van der Waals surface area contributed by atoms with E-state index in [2.05, 4.69) is 85.2 Å². The number of carbonyl (C=O) groups is 2. The van der Waals surface area contributed by atoms with E-state index in [1.807, 2.05) is 48.6 Å². The highest BCUT2D eigenvalue weighted by Crippen LogP contribution is 2.35. The maximum absolute atomic E-state index is 12.4. The molecular weight excluding hydrogens is 739 g/mol. The number of allylic oxidation sites excluding steroid dienone is 18. The third-order valence-electron chi connectivity index (χ3n) is 8.06. The fourth-order valence-electron chi connectivity index (χ4n) is 4.93. The number of aliphatic hydroxyl groups is 1. The Balaban J connectivity index is 4.19. The largest absolute Gasteiger partial charge is 0.469 e. The highest BCUT2D eigenvalue weighted by molar-refractivity contribution is 7.46. The summed E-state index contributed by atoms with van der Waals surface area (Å²) in [5.41, 5.74) is 0. The van der Waals surface area contributed by atoms with Gasteiger partial charge in [0.2, 0.25) is 0 Å². The molecule has 0 heterocycles. The Labute approximate surface area is 344 Å². The first-order valence-corrected chi connectivity index (χ1v) is 22.5. The number of hydrogen-bond acceptors (Lipinski definition) is 7. The van der Waals surface area contributed by atoms with Crippen LogP contribution in [-0.2, 0) is 28.2 Å². The third-order valence-corrected chi connectivity index (χ3v) is 8.54. The van der Waals surface area contributed by atoms with Crippen LogP contribution in [0.1, 0.15) is 136 Å².